The summed E-state index contributed by atoms with van der Waals surface area (Å²) in [6, 6.07) is 18.5. The van der Waals surface area contributed by atoms with Gasteiger partial charge in [0.15, 0.2) is 0 Å². The summed E-state index contributed by atoms with van der Waals surface area (Å²) < 4.78 is 12.2. The van der Waals surface area contributed by atoms with Crippen molar-refractivity contribution in [3.8, 4) is 22.6 Å². The first-order chi connectivity index (χ1) is 16.8. The number of carbonyl (C=O) groups is 2. The number of benzene rings is 3. The first-order valence-corrected chi connectivity index (χ1v) is 12.1. The highest BCUT2D eigenvalue weighted by Gasteiger charge is 2.40. The van der Waals surface area contributed by atoms with E-state index in [-0.39, 0.29) is 18.0 Å². The average Bonchev–Trinajstić information content (AvgIpc) is 2.82. The molecule has 0 aliphatic heterocycles. The number of phenols is 1. The van der Waals surface area contributed by atoms with E-state index in [0.717, 1.165) is 47.9 Å². The second-order valence-corrected chi connectivity index (χ2v) is 9.02. The minimum absolute atomic E-state index is 0.0820. The number of unbranched alkanes of at least 4 members (excludes halogenated alkanes) is 2. The van der Waals surface area contributed by atoms with Crippen LogP contribution in [0.4, 0.5) is 0 Å². The first kappa shape index (κ1) is 26.0. The molecule has 0 fully saturated rings. The fraction of sp³-hybridized carbons (Fsp3) is 0.333. The molecule has 35 heavy (non-hydrogen) atoms. The molecular formula is C30H34O5. The number of aromatic hydroxyl groups is 1. The third kappa shape index (κ3) is 6.10. The molecule has 0 saturated carbocycles. The van der Waals surface area contributed by atoms with Gasteiger partial charge in [0, 0.05) is 5.56 Å². The normalized spacial score (nSPS) is 12.6. The second kappa shape index (κ2) is 11.7. The summed E-state index contributed by atoms with van der Waals surface area (Å²) in [5.41, 5.74) is 4.64. The molecule has 3 aromatic rings. The molecule has 1 unspecified atom stereocenters. The van der Waals surface area contributed by atoms with Crippen LogP contribution in [0.15, 0.2) is 60.7 Å². The molecule has 1 atom stereocenters. The fourth-order valence-corrected chi connectivity index (χ4v) is 4.42. The van der Waals surface area contributed by atoms with Crippen LogP contribution >= 0.6 is 0 Å². The summed E-state index contributed by atoms with van der Waals surface area (Å²) in [4.78, 5) is 24.1. The van der Waals surface area contributed by atoms with E-state index >= 15 is 0 Å². The Bertz CT molecular complexity index is 1170. The lowest BCUT2D eigenvalue weighted by atomic mass is 9.92. The van der Waals surface area contributed by atoms with Gasteiger partial charge in [0.1, 0.15) is 17.3 Å². The predicted octanol–water partition coefficient (Wildman–Crippen LogP) is 6.79. The summed E-state index contributed by atoms with van der Waals surface area (Å²) in [6.07, 6.45) is 3.73. The zero-order valence-electron chi connectivity index (χ0n) is 21.0. The number of hydrogen-bond acceptors (Lipinski definition) is 5. The van der Waals surface area contributed by atoms with Gasteiger partial charge in [0.25, 0.3) is 12.3 Å². The fourth-order valence-electron chi connectivity index (χ4n) is 4.42. The molecule has 184 valence electrons. The molecule has 0 heterocycles. The van der Waals surface area contributed by atoms with Gasteiger partial charge in [0.2, 0.25) is 0 Å². The van der Waals surface area contributed by atoms with Crippen molar-refractivity contribution in [2.24, 2.45) is 0 Å². The van der Waals surface area contributed by atoms with E-state index in [0.29, 0.717) is 23.3 Å². The zero-order valence-corrected chi connectivity index (χ0v) is 21.0. The van der Waals surface area contributed by atoms with Gasteiger partial charge in [-0.15, -0.1) is 0 Å². The number of Topliss-reactive ketones (excluding diaryl/α,β-unsaturated/α-hetero) is 1. The minimum atomic E-state index is -1.67. The van der Waals surface area contributed by atoms with Crippen LogP contribution in [0.5, 0.6) is 11.5 Å². The van der Waals surface area contributed by atoms with E-state index < -0.39 is 5.79 Å². The van der Waals surface area contributed by atoms with Crippen LogP contribution in [0.3, 0.4) is 0 Å². The SMILES string of the molecule is CCCCCc1cc(O)c(-c2cccc(C)c2)c(OC(CC(C)=O)(OC=O)c2ccccc2)c1C. The molecule has 3 aromatic carbocycles. The smallest absolute Gasteiger partial charge is 0.296 e. The van der Waals surface area contributed by atoms with Crippen molar-refractivity contribution >= 4 is 12.3 Å². The number of ketones is 1. The van der Waals surface area contributed by atoms with Crippen molar-refractivity contribution in [1.82, 2.24) is 0 Å². The molecule has 0 aromatic heterocycles. The number of ether oxygens (including phenoxy) is 2. The molecule has 0 spiro atoms. The van der Waals surface area contributed by atoms with Gasteiger partial charge < -0.3 is 14.6 Å². The van der Waals surface area contributed by atoms with Gasteiger partial charge in [-0.1, -0.05) is 79.9 Å². The summed E-state index contributed by atoms with van der Waals surface area (Å²) in [7, 11) is 0. The van der Waals surface area contributed by atoms with Gasteiger partial charge in [-0.05, 0) is 56.4 Å². The maximum Gasteiger partial charge on any atom is 0.296 e. The van der Waals surface area contributed by atoms with Gasteiger partial charge in [-0.25, -0.2) is 0 Å². The van der Waals surface area contributed by atoms with Crippen molar-refractivity contribution in [1.29, 1.82) is 0 Å². The van der Waals surface area contributed by atoms with E-state index in [2.05, 4.69) is 6.92 Å². The molecular weight excluding hydrogens is 440 g/mol. The number of phenolic OH excluding ortho intramolecular Hbond substituents is 1. The first-order valence-electron chi connectivity index (χ1n) is 12.1. The molecule has 5 heteroatoms. The molecule has 0 amide bonds. The summed E-state index contributed by atoms with van der Waals surface area (Å²) in [6.45, 7) is 7.81. The highest BCUT2D eigenvalue weighted by Crippen LogP contribution is 2.46. The standard InChI is InChI=1S/C30H34O5/c1-5-6-8-13-24-18-27(33)28(25-14-11-12-21(2)17-25)29(23(24)4)35-30(34-20-31,19-22(3)32)26-15-9-7-10-16-26/h7,9-12,14-18,20,33H,5-6,8,13,19H2,1-4H3. The Morgan fingerprint density at radius 3 is 2.40 bits per heavy atom. The van der Waals surface area contributed by atoms with E-state index in [1.807, 2.05) is 44.2 Å². The van der Waals surface area contributed by atoms with E-state index in [1.54, 1.807) is 30.3 Å². The number of carbonyl (C=O) groups excluding carboxylic acids is 2. The molecule has 0 bridgehead atoms. The molecule has 0 radical (unpaired) electrons. The molecule has 3 rings (SSSR count). The van der Waals surface area contributed by atoms with Crippen LogP contribution in [0.1, 0.15) is 61.8 Å². The van der Waals surface area contributed by atoms with Crippen molar-refractivity contribution in [3.05, 3.63) is 82.9 Å². The van der Waals surface area contributed by atoms with Gasteiger partial charge in [-0.3, -0.25) is 9.59 Å². The predicted molar refractivity (Wildman–Crippen MR) is 137 cm³/mol. The average molecular weight is 475 g/mol. The number of aryl methyl sites for hydroxylation is 2. The van der Waals surface area contributed by atoms with Crippen LogP contribution in [0, 0.1) is 13.8 Å². The van der Waals surface area contributed by atoms with Crippen molar-refractivity contribution in [3.63, 3.8) is 0 Å². The maximum atomic E-state index is 12.4. The Hall–Kier alpha value is -3.60. The van der Waals surface area contributed by atoms with Crippen LogP contribution in [-0.2, 0) is 26.5 Å². The zero-order chi connectivity index (χ0) is 25.4. The van der Waals surface area contributed by atoms with Crippen LogP contribution in [0.25, 0.3) is 11.1 Å². The lowest BCUT2D eigenvalue weighted by molar-refractivity contribution is -0.192. The van der Waals surface area contributed by atoms with E-state index in [4.69, 9.17) is 9.47 Å². The molecule has 5 nitrogen and oxygen atoms in total. The Kier molecular flexibility index (Phi) is 8.69. The molecule has 0 aliphatic rings. The van der Waals surface area contributed by atoms with Crippen molar-refractivity contribution in [2.75, 3.05) is 0 Å². The summed E-state index contributed by atoms with van der Waals surface area (Å²) in [5, 5.41) is 11.2. The highest BCUT2D eigenvalue weighted by atomic mass is 16.7. The summed E-state index contributed by atoms with van der Waals surface area (Å²) >= 11 is 0. The lowest BCUT2D eigenvalue weighted by Gasteiger charge is -2.34. The number of hydrogen-bond donors (Lipinski definition) is 1. The van der Waals surface area contributed by atoms with Gasteiger partial charge >= 0.3 is 0 Å². The Balaban J connectivity index is 2.27. The largest absolute Gasteiger partial charge is 0.507 e. The number of rotatable bonds is 12. The lowest BCUT2D eigenvalue weighted by Crippen LogP contribution is -2.38. The quantitative estimate of drug-likeness (QED) is 0.178. The van der Waals surface area contributed by atoms with Gasteiger partial charge in [-0.2, -0.15) is 0 Å². The Morgan fingerprint density at radius 1 is 1.03 bits per heavy atom. The molecule has 0 saturated heterocycles. The minimum Gasteiger partial charge on any atom is -0.507 e. The van der Waals surface area contributed by atoms with Crippen LogP contribution in [-0.4, -0.2) is 17.4 Å². The Morgan fingerprint density at radius 2 is 1.77 bits per heavy atom. The molecule has 0 aliphatic carbocycles. The van der Waals surface area contributed by atoms with E-state index in [1.165, 1.54) is 6.92 Å². The van der Waals surface area contributed by atoms with Gasteiger partial charge in [0.05, 0.1) is 12.0 Å². The topological polar surface area (TPSA) is 72.8 Å². The van der Waals surface area contributed by atoms with Crippen LogP contribution in [0.2, 0.25) is 0 Å². The molecule has 1 N–H and O–H groups in total. The summed E-state index contributed by atoms with van der Waals surface area (Å²) in [5.74, 6) is -1.39. The highest BCUT2D eigenvalue weighted by molar-refractivity contribution is 5.80. The maximum absolute atomic E-state index is 12.4. The monoisotopic (exact) mass is 474 g/mol. The third-order valence-corrected chi connectivity index (χ3v) is 6.17. The van der Waals surface area contributed by atoms with Crippen molar-refractivity contribution in [2.45, 2.75) is 65.6 Å². The third-order valence-electron chi connectivity index (χ3n) is 6.17. The van der Waals surface area contributed by atoms with Crippen molar-refractivity contribution < 1.29 is 24.2 Å². The van der Waals surface area contributed by atoms with E-state index in [9.17, 15) is 14.7 Å². The second-order valence-electron chi connectivity index (χ2n) is 9.02. The Labute approximate surface area is 207 Å². The van der Waals surface area contributed by atoms with Crippen LogP contribution < -0.4 is 4.74 Å².